The Balaban J connectivity index is 1.23. The number of ether oxygens (including phenoxy) is 6. The molecule has 3 saturated heterocycles. The third-order valence-corrected chi connectivity index (χ3v) is 19.2. The molecule has 0 spiro atoms. The van der Waals surface area contributed by atoms with Crippen LogP contribution in [-0.4, -0.2) is 193 Å². The average molecular weight is 1350 g/mol. The lowest BCUT2D eigenvalue weighted by Crippen LogP contribution is -2.66. The second kappa shape index (κ2) is 57.4. The van der Waals surface area contributed by atoms with E-state index in [4.69, 9.17) is 28.4 Å². The number of allylic oxidation sites excluding steroid dienone is 8. The van der Waals surface area contributed by atoms with E-state index in [2.05, 4.69) is 67.8 Å². The van der Waals surface area contributed by atoms with Gasteiger partial charge in [-0.1, -0.05) is 287 Å². The van der Waals surface area contributed by atoms with E-state index in [1.165, 1.54) is 193 Å². The van der Waals surface area contributed by atoms with Gasteiger partial charge < -0.3 is 89.9 Å². The lowest BCUT2D eigenvalue weighted by atomic mass is 9.96. The maximum Gasteiger partial charge on any atom is 0.220 e. The van der Waals surface area contributed by atoms with Crippen molar-refractivity contribution in [2.45, 2.75) is 401 Å². The van der Waals surface area contributed by atoms with E-state index < -0.39 is 124 Å². The molecule has 0 saturated carbocycles. The van der Waals surface area contributed by atoms with Crippen molar-refractivity contribution in [1.29, 1.82) is 0 Å². The summed E-state index contributed by atoms with van der Waals surface area (Å²) in [5, 5.41) is 120. The number of carbonyl (C=O) groups excluding carboxylic acids is 1. The van der Waals surface area contributed by atoms with Crippen molar-refractivity contribution >= 4 is 5.91 Å². The van der Waals surface area contributed by atoms with Crippen molar-refractivity contribution in [3.8, 4) is 0 Å². The van der Waals surface area contributed by atoms with Crippen LogP contribution in [0.25, 0.3) is 0 Å². The third kappa shape index (κ3) is 38.4. The van der Waals surface area contributed by atoms with Crippen LogP contribution < -0.4 is 5.32 Å². The Bertz CT molecular complexity index is 1910. The maximum atomic E-state index is 13.4. The van der Waals surface area contributed by atoms with Gasteiger partial charge in [-0.2, -0.15) is 0 Å². The summed E-state index contributed by atoms with van der Waals surface area (Å²) in [7, 11) is 0. The first kappa shape index (κ1) is 87.0. The van der Waals surface area contributed by atoms with Crippen LogP contribution in [0, 0.1) is 0 Å². The van der Waals surface area contributed by atoms with Crippen molar-refractivity contribution in [3.05, 3.63) is 48.6 Å². The highest BCUT2D eigenvalue weighted by atomic mass is 16.8. The summed E-state index contributed by atoms with van der Waals surface area (Å²) in [6, 6.07) is -0.883. The normalized spacial score (nSPS) is 27.4. The molecule has 0 radical (unpaired) electrons. The van der Waals surface area contributed by atoms with E-state index in [-0.39, 0.29) is 18.9 Å². The summed E-state index contributed by atoms with van der Waals surface area (Å²) in [6.45, 7) is 1.67. The second-order valence-corrected chi connectivity index (χ2v) is 27.4. The predicted molar refractivity (Wildman–Crippen MR) is 374 cm³/mol. The Hall–Kier alpha value is -2.25. The monoisotopic (exact) mass is 1350 g/mol. The van der Waals surface area contributed by atoms with Crippen LogP contribution in [0.4, 0.5) is 0 Å². The van der Waals surface area contributed by atoms with Gasteiger partial charge >= 0.3 is 0 Å². The molecule has 0 aliphatic carbocycles. The number of rotatable bonds is 60. The van der Waals surface area contributed by atoms with Crippen LogP contribution in [-0.2, 0) is 33.2 Å². The van der Waals surface area contributed by atoms with Crippen molar-refractivity contribution < 1.29 is 89.4 Å². The van der Waals surface area contributed by atoms with Crippen LogP contribution in [0.5, 0.6) is 0 Å². The first-order chi connectivity index (χ1) is 46.3. The van der Waals surface area contributed by atoms with E-state index >= 15 is 0 Å². The fourth-order valence-corrected chi connectivity index (χ4v) is 13.0. The minimum atomic E-state index is -1.97. The smallest absolute Gasteiger partial charge is 0.220 e. The molecule has 3 rings (SSSR count). The molecular weight excluding hydrogens is 1210 g/mol. The zero-order valence-corrected chi connectivity index (χ0v) is 59.2. The summed E-state index contributed by atoms with van der Waals surface area (Å²) >= 11 is 0. The fraction of sp³-hybridized carbons (Fsp3) is 0.882. The van der Waals surface area contributed by atoms with Gasteiger partial charge in [0.1, 0.15) is 73.2 Å². The summed E-state index contributed by atoms with van der Waals surface area (Å²) in [5.41, 5.74) is 0. The molecule has 1 amide bonds. The molecule has 95 heavy (non-hydrogen) atoms. The summed E-state index contributed by atoms with van der Waals surface area (Å²) in [6.07, 6.45) is 44.1. The van der Waals surface area contributed by atoms with Crippen molar-refractivity contribution in [1.82, 2.24) is 5.32 Å². The van der Waals surface area contributed by atoms with E-state index in [0.717, 1.165) is 70.6 Å². The number of aliphatic hydroxyl groups is 11. The first-order valence-corrected chi connectivity index (χ1v) is 38.4. The van der Waals surface area contributed by atoms with Gasteiger partial charge in [-0.15, -0.1) is 0 Å². The quantitative estimate of drug-likeness (QED) is 0.0199. The van der Waals surface area contributed by atoms with Gasteiger partial charge in [-0.25, -0.2) is 0 Å². The largest absolute Gasteiger partial charge is 0.394 e. The van der Waals surface area contributed by atoms with E-state index in [1.807, 2.05) is 0 Å². The van der Waals surface area contributed by atoms with Gasteiger partial charge in [0.2, 0.25) is 5.91 Å². The molecule has 12 N–H and O–H groups in total. The van der Waals surface area contributed by atoms with Gasteiger partial charge in [-0.05, 0) is 51.4 Å². The minimum Gasteiger partial charge on any atom is -0.394 e. The molecule has 0 bridgehead atoms. The van der Waals surface area contributed by atoms with E-state index in [9.17, 15) is 61.0 Å². The van der Waals surface area contributed by atoms with Gasteiger partial charge in [0.25, 0.3) is 0 Å². The molecule has 0 aromatic heterocycles. The number of hydrogen-bond donors (Lipinski definition) is 12. The van der Waals surface area contributed by atoms with Gasteiger partial charge in [-0.3, -0.25) is 4.79 Å². The highest BCUT2D eigenvalue weighted by molar-refractivity contribution is 5.76. The Labute approximate surface area is 573 Å². The highest BCUT2D eigenvalue weighted by Gasteiger charge is 2.53. The maximum absolute atomic E-state index is 13.4. The number of hydrogen-bond acceptors (Lipinski definition) is 18. The number of amides is 1. The topological polar surface area (TPSA) is 307 Å². The highest BCUT2D eigenvalue weighted by Crippen LogP contribution is 2.33. The molecule has 17 unspecified atom stereocenters. The minimum absolute atomic E-state index is 0.240. The average Bonchev–Trinajstić information content (AvgIpc) is 0.797. The van der Waals surface area contributed by atoms with E-state index in [1.54, 1.807) is 0 Å². The van der Waals surface area contributed by atoms with Crippen molar-refractivity contribution in [2.75, 3.05) is 26.4 Å². The molecule has 19 nitrogen and oxygen atoms in total. The van der Waals surface area contributed by atoms with Crippen LogP contribution >= 0.6 is 0 Å². The van der Waals surface area contributed by atoms with Crippen LogP contribution in [0.3, 0.4) is 0 Å². The molecule has 3 aliphatic heterocycles. The third-order valence-electron chi connectivity index (χ3n) is 19.2. The van der Waals surface area contributed by atoms with Gasteiger partial charge in [0, 0.05) is 6.42 Å². The lowest BCUT2D eigenvalue weighted by molar-refractivity contribution is -0.379. The molecule has 0 aromatic carbocycles. The number of aliphatic hydroxyl groups excluding tert-OH is 11. The summed E-state index contributed by atoms with van der Waals surface area (Å²) in [5.74, 6) is -0.240. The van der Waals surface area contributed by atoms with Crippen LogP contribution in [0.15, 0.2) is 48.6 Å². The predicted octanol–water partition coefficient (Wildman–Crippen LogP) is 11.7. The van der Waals surface area contributed by atoms with Crippen LogP contribution in [0.1, 0.15) is 296 Å². The number of nitrogens with one attached hydrogen (secondary N) is 1. The van der Waals surface area contributed by atoms with Gasteiger partial charge in [0.15, 0.2) is 18.9 Å². The fourth-order valence-electron chi connectivity index (χ4n) is 13.0. The van der Waals surface area contributed by atoms with E-state index in [0.29, 0.717) is 12.8 Å². The van der Waals surface area contributed by atoms with Crippen LogP contribution in [0.2, 0.25) is 0 Å². The lowest BCUT2D eigenvalue weighted by Gasteiger charge is -2.48. The Kier molecular flexibility index (Phi) is 52.5. The Morgan fingerprint density at radius 2 is 0.726 bits per heavy atom. The molecule has 3 aliphatic rings. The Morgan fingerprint density at radius 1 is 0.389 bits per heavy atom. The molecular formula is C76H139NO18. The molecule has 17 atom stereocenters. The molecule has 19 heteroatoms. The van der Waals surface area contributed by atoms with Crippen molar-refractivity contribution in [2.24, 2.45) is 0 Å². The molecule has 3 fully saturated rings. The van der Waals surface area contributed by atoms with Gasteiger partial charge in [0.05, 0.1) is 38.6 Å². The molecule has 0 aromatic rings. The second-order valence-electron chi connectivity index (χ2n) is 27.4. The zero-order valence-electron chi connectivity index (χ0n) is 59.2. The standard InChI is InChI=1S/C76H139NO18/c1-3-5-7-9-11-13-14-15-16-17-18-19-20-21-22-23-24-25-26-27-28-29-30-31-32-33-34-35-36-37-38-39-40-41-42-43-44-46-48-50-52-54-64(82)77-59(60(81)53-51-49-47-45-12-10-8-6-4-2)58-90-74-70(88)67(85)72(62(56-79)92-74)95-76-71(89)68(86)73(63(57-80)93-76)94-75-69(87)66(84)65(83)61(55-78)91-75/h5,7,11,13,15-16,18-19,59-63,65-76,78-81,83-89H,3-4,6,8-10,12,14,17,20-58H2,1-2H3,(H,77,82)/b7-5-,13-11-,16-15-,19-18-. The molecule has 556 valence electrons. The number of unbranched alkanes of at least 4 members (excludes halogenated alkanes) is 36. The summed E-state index contributed by atoms with van der Waals surface area (Å²) in [4.78, 5) is 13.4. The SMILES string of the molecule is CC/C=C\C/C=C\C/C=C\C/C=C\CCCCCCCCCCCCCCCCCCCCCCCCCCCCCCC(=O)NC(COC1OC(CO)C(OC2OC(CO)C(OC3OC(CO)C(O)C(O)C3O)C(O)C2O)C(O)C1O)C(O)CCCCCCCCCCC. The zero-order chi connectivity index (χ0) is 68.9. The first-order valence-electron chi connectivity index (χ1n) is 38.4. The van der Waals surface area contributed by atoms with Crippen molar-refractivity contribution in [3.63, 3.8) is 0 Å². The Morgan fingerprint density at radius 3 is 1.14 bits per heavy atom. The molecule has 3 heterocycles. The number of carbonyl (C=O) groups is 1. The summed E-state index contributed by atoms with van der Waals surface area (Å²) < 4.78 is 34.3.